The second kappa shape index (κ2) is 3.94. The highest BCUT2D eigenvalue weighted by molar-refractivity contribution is 4.80. The molecule has 0 bridgehead atoms. The molecule has 0 heterocycles. The normalized spacial score (nSPS) is 31.8. The van der Waals surface area contributed by atoms with E-state index >= 15 is 0 Å². The van der Waals surface area contributed by atoms with Gasteiger partial charge in [-0.15, -0.1) is 0 Å². The van der Waals surface area contributed by atoms with Crippen molar-refractivity contribution < 1.29 is 9.84 Å². The summed E-state index contributed by atoms with van der Waals surface area (Å²) in [6, 6.07) is 0. The number of aliphatic hydroxyl groups excluding tert-OH is 1. The van der Waals surface area contributed by atoms with Crippen LogP contribution in [0.1, 0.15) is 32.6 Å². The number of hydrogen-bond acceptors (Lipinski definition) is 2. The molecule has 0 aliphatic heterocycles. The second-order valence-corrected chi connectivity index (χ2v) is 2.91. The van der Waals surface area contributed by atoms with Gasteiger partial charge in [0.15, 0.2) is 0 Å². The van der Waals surface area contributed by atoms with Crippen LogP contribution in [0.2, 0.25) is 0 Å². The Morgan fingerprint density at radius 1 is 1.50 bits per heavy atom. The van der Waals surface area contributed by atoms with Crippen molar-refractivity contribution in [2.45, 2.75) is 44.8 Å². The molecule has 0 saturated heterocycles. The minimum absolute atomic E-state index is 0.159. The number of unbranched alkanes of at least 4 members (excludes halogenated alkanes) is 1. The fourth-order valence-electron chi connectivity index (χ4n) is 1.03. The Morgan fingerprint density at radius 2 is 2.30 bits per heavy atom. The molecule has 0 amide bonds. The van der Waals surface area contributed by atoms with Gasteiger partial charge in [-0.1, -0.05) is 13.3 Å². The molecule has 2 unspecified atom stereocenters. The van der Waals surface area contributed by atoms with Gasteiger partial charge in [-0.05, 0) is 19.3 Å². The molecular weight excluding hydrogens is 128 g/mol. The first kappa shape index (κ1) is 8.02. The van der Waals surface area contributed by atoms with Crippen LogP contribution in [0.4, 0.5) is 0 Å². The van der Waals surface area contributed by atoms with Gasteiger partial charge in [0, 0.05) is 6.61 Å². The fraction of sp³-hybridized carbons (Fsp3) is 1.00. The van der Waals surface area contributed by atoms with Gasteiger partial charge in [0.05, 0.1) is 12.2 Å². The molecule has 0 spiro atoms. The summed E-state index contributed by atoms with van der Waals surface area (Å²) in [7, 11) is 0. The Labute approximate surface area is 62.2 Å². The predicted molar refractivity (Wildman–Crippen MR) is 39.9 cm³/mol. The highest BCUT2D eigenvalue weighted by Gasteiger charge is 2.28. The lowest BCUT2D eigenvalue weighted by Gasteiger charge is -2.32. The van der Waals surface area contributed by atoms with E-state index in [1.165, 1.54) is 6.42 Å². The lowest BCUT2D eigenvalue weighted by Crippen LogP contribution is -2.39. The van der Waals surface area contributed by atoms with Crippen molar-refractivity contribution in [2.24, 2.45) is 0 Å². The molecule has 1 saturated carbocycles. The van der Waals surface area contributed by atoms with Gasteiger partial charge in [-0.25, -0.2) is 0 Å². The van der Waals surface area contributed by atoms with Gasteiger partial charge in [0.2, 0.25) is 0 Å². The highest BCUT2D eigenvalue weighted by atomic mass is 16.5. The first-order valence-corrected chi connectivity index (χ1v) is 4.14. The lowest BCUT2D eigenvalue weighted by atomic mass is 9.92. The molecule has 0 aromatic carbocycles. The molecule has 1 fully saturated rings. The molecule has 0 aromatic rings. The van der Waals surface area contributed by atoms with Crippen molar-refractivity contribution in [2.75, 3.05) is 6.61 Å². The standard InChI is InChI=1S/C8H16O2/c1-2-3-6-10-8-5-4-7(8)9/h7-9H,2-6H2,1H3. The van der Waals surface area contributed by atoms with Crippen LogP contribution in [0.5, 0.6) is 0 Å². The maximum Gasteiger partial charge on any atom is 0.0834 e. The minimum atomic E-state index is -0.170. The summed E-state index contributed by atoms with van der Waals surface area (Å²) in [5.74, 6) is 0. The Bertz CT molecular complexity index is 93.3. The maximum absolute atomic E-state index is 9.08. The summed E-state index contributed by atoms with van der Waals surface area (Å²) in [5, 5.41) is 9.08. The summed E-state index contributed by atoms with van der Waals surface area (Å²) in [5.41, 5.74) is 0. The first-order chi connectivity index (χ1) is 4.84. The Hall–Kier alpha value is -0.0800. The summed E-state index contributed by atoms with van der Waals surface area (Å²) >= 11 is 0. The predicted octanol–water partition coefficient (Wildman–Crippen LogP) is 1.33. The van der Waals surface area contributed by atoms with Crippen molar-refractivity contribution in [1.29, 1.82) is 0 Å². The van der Waals surface area contributed by atoms with E-state index in [0.29, 0.717) is 0 Å². The number of ether oxygens (including phenoxy) is 1. The number of aliphatic hydroxyl groups is 1. The van der Waals surface area contributed by atoms with E-state index in [1.54, 1.807) is 0 Å². The highest BCUT2D eigenvalue weighted by Crippen LogP contribution is 2.22. The van der Waals surface area contributed by atoms with Gasteiger partial charge in [-0.2, -0.15) is 0 Å². The average Bonchev–Trinajstić information content (AvgIpc) is 1.95. The van der Waals surface area contributed by atoms with Crippen LogP contribution < -0.4 is 0 Å². The summed E-state index contributed by atoms with van der Waals surface area (Å²) < 4.78 is 5.38. The molecule has 0 radical (unpaired) electrons. The maximum atomic E-state index is 9.08. The minimum Gasteiger partial charge on any atom is -0.390 e. The van der Waals surface area contributed by atoms with Gasteiger partial charge < -0.3 is 9.84 Å². The van der Waals surface area contributed by atoms with Gasteiger partial charge in [0.1, 0.15) is 0 Å². The van der Waals surface area contributed by atoms with Crippen molar-refractivity contribution in [3.05, 3.63) is 0 Å². The van der Waals surface area contributed by atoms with Crippen LogP contribution in [-0.4, -0.2) is 23.9 Å². The zero-order valence-electron chi connectivity index (χ0n) is 6.55. The van der Waals surface area contributed by atoms with E-state index in [9.17, 15) is 0 Å². The fourth-order valence-corrected chi connectivity index (χ4v) is 1.03. The second-order valence-electron chi connectivity index (χ2n) is 2.91. The van der Waals surface area contributed by atoms with Gasteiger partial charge >= 0.3 is 0 Å². The summed E-state index contributed by atoms with van der Waals surface area (Å²) in [6.45, 7) is 2.96. The average molecular weight is 144 g/mol. The molecule has 2 nitrogen and oxygen atoms in total. The molecule has 0 aromatic heterocycles. The lowest BCUT2D eigenvalue weighted by molar-refractivity contribution is -0.0964. The van der Waals surface area contributed by atoms with Crippen molar-refractivity contribution >= 4 is 0 Å². The summed E-state index contributed by atoms with van der Waals surface area (Å²) in [6.07, 6.45) is 4.25. The quantitative estimate of drug-likeness (QED) is 0.603. The largest absolute Gasteiger partial charge is 0.390 e. The van der Waals surface area contributed by atoms with Crippen molar-refractivity contribution in [3.8, 4) is 0 Å². The third-order valence-electron chi connectivity index (χ3n) is 2.01. The topological polar surface area (TPSA) is 29.5 Å². The van der Waals surface area contributed by atoms with E-state index in [0.717, 1.165) is 25.9 Å². The molecule has 1 aliphatic rings. The van der Waals surface area contributed by atoms with Crippen LogP contribution in [-0.2, 0) is 4.74 Å². The first-order valence-electron chi connectivity index (χ1n) is 4.14. The molecular formula is C8H16O2. The van der Waals surface area contributed by atoms with Crippen molar-refractivity contribution in [1.82, 2.24) is 0 Å². The van der Waals surface area contributed by atoms with E-state index < -0.39 is 0 Å². The Balaban J connectivity index is 1.92. The summed E-state index contributed by atoms with van der Waals surface area (Å²) in [4.78, 5) is 0. The third-order valence-corrected chi connectivity index (χ3v) is 2.01. The van der Waals surface area contributed by atoms with Crippen LogP contribution in [0, 0.1) is 0 Å². The molecule has 1 rings (SSSR count). The molecule has 10 heavy (non-hydrogen) atoms. The molecule has 1 N–H and O–H groups in total. The molecule has 1 aliphatic carbocycles. The van der Waals surface area contributed by atoms with E-state index in [4.69, 9.17) is 9.84 Å². The van der Waals surface area contributed by atoms with E-state index in [-0.39, 0.29) is 12.2 Å². The van der Waals surface area contributed by atoms with Gasteiger partial charge in [0.25, 0.3) is 0 Å². The molecule has 2 atom stereocenters. The van der Waals surface area contributed by atoms with E-state index in [1.807, 2.05) is 0 Å². The third kappa shape index (κ3) is 1.96. The van der Waals surface area contributed by atoms with Crippen molar-refractivity contribution in [3.63, 3.8) is 0 Å². The van der Waals surface area contributed by atoms with Crippen LogP contribution in [0.25, 0.3) is 0 Å². The Kier molecular flexibility index (Phi) is 3.16. The zero-order valence-corrected chi connectivity index (χ0v) is 6.55. The van der Waals surface area contributed by atoms with Crippen LogP contribution >= 0.6 is 0 Å². The Morgan fingerprint density at radius 3 is 2.70 bits per heavy atom. The van der Waals surface area contributed by atoms with E-state index in [2.05, 4.69) is 6.92 Å². The zero-order chi connectivity index (χ0) is 7.40. The molecule has 2 heteroatoms. The molecule has 60 valence electrons. The SMILES string of the molecule is CCCCOC1CCC1O. The van der Waals surface area contributed by atoms with Crippen LogP contribution in [0.15, 0.2) is 0 Å². The number of hydrogen-bond donors (Lipinski definition) is 1. The van der Waals surface area contributed by atoms with Crippen LogP contribution in [0.3, 0.4) is 0 Å². The smallest absolute Gasteiger partial charge is 0.0834 e. The number of rotatable bonds is 4. The monoisotopic (exact) mass is 144 g/mol. The van der Waals surface area contributed by atoms with Gasteiger partial charge in [-0.3, -0.25) is 0 Å².